The Morgan fingerprint density at radius 2 is 1.68 bits per heavy atom. The summed E-state index contributed by atoms with van der Waals surface area (Å²) in [5, 5.41) is 0. The van der Waals surface area contributed by atoms with Gasteiger partial charge in [0.05, 0.1) is 14.2 Å². The van der Waals surface area contributed by atoms with Crippen LogP contribution >= 0.6 is 0 Å². The van der Waals surface area contributed by atoms with E-state index in [4.69, 9.17) is 9.47 Å². The van der Waals surface area contributed by atoms with Crippen LogP contribution in [0.15, 0.2) is 30.4 Å². The summed E-state index contributed by atoms with van der Waals surface area (Å²) in [6, 6.07) is 6.26. The molecule has 4 nitrogen and oxygen atoms in total. The van der Waals surface area contributed by atoms with Crippen molar-refractivity contribution in [3.05, 3.63) is 35.9 Å². The number of hydrogen-bond acceptors (Lipinski definition) is 4. The lowest BCUT2D eigenvalue weighted by Gasteiger charge is -2.37. The molecule has 2 fully saturated rings. The zero-order valence-corrected chi connectivity index (χ0v) is 15.5. The maximum absolute atomic E-state index is 5.42. The Morgan fingerprint density at radius 3 is 2.32 bits per heavy atom. The van der Waals surface area contributed by atoms with Crippen LogP contribution in [0.1, 0.15) is 18.4 Å². The summed E-state index contributed by atoms with van der Waals surface area (Å²) >= 11 is 0. The second-order valence-corrected chi connectivity index (χ2v) is 7.81. The van der Waals surface area contributed by atoms with Crippen LogP contribution in [0.3, 0.4) is 0 Å². The molecule has 0 spiro atoms. The minimum absolute atomic E-state index is 0.802. The Bertz CT molecular complexity index is 622. The summed E-state index contributed by atoms with van der Waals surface area (Å²) in [5.41, 5.74) is 1.30. The second-order valence-electron chi connectivity index (χ2n) is 7.81. The first-order valence-electron chi connectivity index (χ1n) is 9.59. The number of allylic oxidation sites excluding steroid dienone is 2. The fourth-order valence-electron chi connectivity index (χ4n) is 4.80. The lowest BCUT2D eigenvalue weighted by atomic mass is 9.93. The predicted octanol–water partition coefficient (Wildman–Crippen LogP) is 3.03. The van der Waals surface area contributed by atoms with E-state index in [1.54, 1.807) is 14.2 Å². The highest BCUT2D eigenvalue weighted by molar-refractivity contribution is 5.42. The molecule has 0 unspecified atom stereocenters. The molecule has 1 heterocycles. The quantitative estimate of drug-likeness (QED) is 0.742. The third-order valence-electron chi connectivity index (χ3n) is 6.23. The molecular weight excluding hydrogens is 312 g/mol. The van der Waals surface area contributed by atoms with E-state index in [0.717, 1.165) is 48.9 Å². The third-order valence-corrected chi connectivity index (χ3v) is 6.23. The maximum atomic E-state index is 5.42. The Morgan fingerprint density at radius 1 is 0.920 bits per heavy atom. The lowest BCUT2D eigenvalue weighted by Crippen LogP contribution is -2.47. The van der Waals surface area contributed by atoms with Gasteiger partial charge in [0.25, 0.3) is 0 Å². The van der Waals surface area contributed by atoms with Crippen molar-refractivity contribution >= 4 is 0 Å². The normalized spacial score (nSPS) is 29.3. The largest absolute Gasteiger partial charge is 0.493 e. The summed E-state index contributed by atoms with van der Waals surface area (Å²) in [4.78, 5) is 5.24. The summed E-state index contributed by atoms with van der Waals surface area (Å²) in [6.07, 6.45) is 7.77. The van der Waals surface area contributed by atoms with Crippen molar-refractivity contribution in [1.29, 1.82) is 0 Å². The van der Waals surface area contributed by atoms with Crippen LogP contribution in [-0.2, 0) is 6.54 Å². The highest BCUT2D eigenvalue weighted by atomic mass is 16.5. The van der Waals surface area contributed by atoms with Crippen molar-refractivity contribution in [1.82, 2.24) is 9.80 Å². The van der Waals surface area contributed by atoms with Gasteiger partial charge in [0.15, 0.2) is 11.5 Å². The van der Waals surface area contributed by atoms with E-state index in [9.17, 15) is 0 Å². The van der Waals surface area contributed by atoms with Crippen LogP contribution in [0.25, 0.3) is 0 Å². The molecule has 2 bridgehead atoms. The first-order valence-corrected chi connectivity index (χ1v) is 9.59. The number of benzene rings is 1. The number of piperazine rings is 1. The smallest absolute Gasteiger partial charge is 0.161 e. The highest BCUT2D eigenvalue weighted by Crippen LogP contribution is 2.43. The monoisotopic (exact) mass is 342 g/mol. The minimum Gasteiger partial charge on any atom is -0.493 e. The van der Waals surface area contributed by atoms with Crippen LogP contribution < -0.4 is 9.47 Å². The Labute approximate surface area is 151 Å². The van der Waals surface area contributed by atoms with E-state index in [2.05, 4.69) is 34.1 Å². The van der Waals surface area contributed by atoms with Crippen molar-refractivity contribution in [2.75, 3.05) is 46.9 Å². The van der Waals surface area contributed by atoms with Crippen molar-refractivity contribution in [2.45, 2.75) is 19.4 Å². The first kappa shape index (κ1) is 16.9. The van der Waals surface area contributed by atoms with Crippen molar-refractivity contribution in [3.63, 3.8) is 0 Å². The van der Waals surface area contributed by atoms with E-state index in [1.807, 2.05) is 6.07 Å². The molecule has 0 aromatic heterocycles. The summed E-state index contributed by atoms with van der Waals surface area (Å²) in [6.45, 7) is 7.01. The van der Waals surface area contributed by atoms with E-state index >= 15 is 0 Å². The Balaban J connectivity index is 1.27. The molecule has 3 atom stereocenters. The van der Waals surface area contributed by atoms with Gasteiger partial charge in [-0.05, 0) is 48.3 Å². The van der Waals surface area contributed by atoms with Gasteiger partial charge in [0.2, 0.25) is 0 Å². The molecule has 1 aromatic carbocycles. The highest BCUT2D eigenvalue weighted by Gasteiger charge is 2.36. The van der Waals surface area contributed by atoms with Gasteiger partial charge < -0.3 is 14.4 Å². The molecule has 0 amide bonds. The van der Waals surface area contributed by atoms with Crippen LogP contribution in [0.4, 0.5) is 0 Å². The van der Waals surface area contributed by atoms with E-state index in [-0.39, 0.29) is 0 Å². The minimum atomic E-state index is 0.802. The first-order chi connectivity index (χ1) is 12.2. The molecule has 3 aliphatic rings. The molecule has 4 heteroatoms. The number of ether oxygens (including phenoxy) is 2. The Kier molecular flexibility index (Phi) is 5.00. The van der Waals surface area contributed by atoms with E-state index in [1.165, 1.54) is 38.0 Å². The topological polar surface area (TPSA) is 24.9 Å². The fraction of sp³-hybridized carbons (Fsp3) is 0.619. The molecule has 0 radical (unpaired) electrons. The molecule has 1 saturated heterocycles. The maximum Gasteiger partial charge on any atom is 0.161 e. The molecular formula is C21H30N2O2. The van der Waals surface area contributed by atoms with Crippen LogP contribution in [-0.4, -0.2) is 56.7 Å². The number of methoxy groups -OCH3 is 2. The lowest BCUT2D eigenvalue weighted by molar-refractivity contribution is 0.108. The van der Waals surface area contributed by atoms with Gasteiger partial charge in [-0.1, -0.05) is 18.2 Å². The van der Waals surface area contributed by atoms with Gasteiger partial charge in [-0.3, -0.25) is 4.90 Å². The van der Waals surface area contributed by atoms with Crippen molar-refractivity contribution < 1.29 is 9.47 Å². The predicted molar refractivity (Wildman–Crippen MR) is 100 cm³/mol. The standard InChI is InChI=1S/C21H30N2O2/c1-24-20-6-4-17(13-21(20)25-2)14-22-7-9-23(10-8-22)15-19-12-16-3-5-18(19)11-16/h3-6,13,16,18-19H,7-12,14-15H2,1-2H3/t16-,18+,19+/m1/s1. The number of rotatable bonds is 6. The van der Waals surface area contributed by atoms with Gasteiger partial charge in [0, 0.05) is 39.3 Å². The van der Waals surface area contributed by atoms with E-state index < -0.39 is 0 Å². The SMILES string of the molecule is COc1ccc(CN2CCN(C[C@@H]3C[C@@H]4C=C[C@H]3C4)CC2)cc1OC. The molecule has 25 heavy (non-hydrogen) atoms. The molecule has 0 N–H and O–H groups in total. The van der Waals surface area contributed by atoms with Crippen LogP contribution in [0.2, 0.25) is 0 Å². The number of fused-ring (bicyclic) bond motifs is 2. The van der Waals surface area contributed by atoms with Gasteiger partial charge in [-0.15, -0.1) is 0 Å². The van der Waals surface area contributed by atoms with Gasteiger partial charge >= 0.3 is 0 Å². The molecule has 4 rings (SSSR count). The molecule has 136 valence electrons. The zero-order valence-electron chi connectivity index (χ0n) is 15.5. The number of nitrogens with zero attached hydrogens (tertiary/aromatic N) is 2. The average molecular weight is 342 g/mol. The van der Waals surface area contributed by atoms with Gasteiger partial charge in [-0.25, -0.2) is 0 Å². The van der Waals surface area contributed by atoms with Crippen LogP contribution in [0.5, 0.6) is 11.5 Å². The van der Waals surface area contributed by atoms with Gasteiger partial charge in [0.1, 0.15) is 0 Å². The fourth-order valence-corrected chi connectivity index (χ4v) is 4.80. The molecule has 1 aliphatic heterocycles. The zero-order chi connectivity index (χ0) is 17.2. The molecule has 2 aliphatic carbocycles. The van der Waals surface area contributed by atoms with Crippen molar-refractivity contribution in [2.24, 2.45) is 17.8 Å². The van der Waals surface area contributed by atoms with Crippen molar-refractivity contribution in [3.8, 4) is 11.5 Å². The van der Waals surface area contributed by atoms with Gasteiger partial charge in [-0.2, -0.15) is 0 Å². The molecule has 1 aromatic rings. The van der Waals surface area contributed by atoms with E-state index in [0.29, 0.717) is 0 Å². The number of hydrogen-bond donors (Lipinski definition) is 0. The average Bonchev–Trinajstić information content (AvgIpc) is 3.26. The van der Waals surface area contributed by atoms with Crippen LogP contribution in [0, 0.1) is 17.8 Å². The Hall–Kier alpha value is -1.52. The summed E-state index contributed by atoms with van der Waals surface area (Å²) in [7, 11) is 3.38. The summed E-state index contributed by atoms with van der Waals surface area (Å²) in [5.74, 6) is 4.29. The molecule has 1 saturated carbocycles. The third kappa shape index (κ3) is 3.70. The second kappa shape index (κ2) is 7.38. The summed E-state index contributed by atoms with van der Waals surface area (Å²) < 4.78 is 10.8.